The van der Waals surface area contributed by atoms with Crippen LogP contribution in [0.25, 0.3) is 0 Å². The van der Waals surface area contributed by atoms with Crippen LogP contribution in [0.15, 0.2) is 48.9 Å². The fourth-order valence-electron chi connectivity index (χ4n) is 2.40. The van der Waals surface area contributed by atoms with Crippen molar-refractivity contribution in [1.29, 1.82) is 0 Å². The van der Waals surface area contributed by atoms with Crippen LogP contribution in [0.5, 0.6) is 0 Å². The normalized spacial score (nSPS) is 10.7. The third-order valence-electron chi connectivity index (χ3n) is 3.69. The molecule has 8 heteroatoms. The zero-order chi connectivity index (χ0) is 17.8. The minimum atomic E-state index is 0.609. The molecular weight excluding hydrogens is 356 g/mol. The van der Waals surface area contributed by atoms with Gasteiger partial charge in [-0.05, 0) is 29.9 Å². The van der Waals surface area contributed by atoms with Gasteiger partial charge < -0.3 is 10.2 Å². The van der Waals surface area contributed by atoms with Crippen molar-refractivity contribution in [2.75, 3.05) is 12.4 Å². The molecule has 25 heavy (non-hydrogen) atoms. The Hall–Kier alpha value is -2.38. The topological polar surface area (TPSA) is 50.9 Å². The van der Waals surface area contributed by atoms with Crippen molar-refractivity contribution in [3.63, 3.8) is 0 Å². The zero-order valence-corrected chi connectivity index (χ0v) is 15.6. The molecule has 1 N–H and O–H groups in total. The molecule has 6 nitrogen and oxygen atoms in total. The Morgan fingerprint density at radius 2 is 2.12 bits per heavy atom. The maximum Gasteiger partial charge on any atom is 0.173 e. The molecule has 0 bridgehead atoms. The van der Waals surface area contributed by atoms with Gasteiger partial charge in [-0.15, -0.1) is 0 Å². The quantitative estimate of drug-likeness (QED) is 0.695. The maximum absolute atomic E-state index is 6.19. The largest absolute Gasteiger partial charge is 0.346 e. The van der Waals surface area contributed by atoms with Crippen LogP contribution in [-0.2, 0) is 20.1 Å². The summed E-state index contributed by atoms with van der Waals surface area (Å²) in [5.41, 5.74) is 2.82. The molecule has 0 spiro atoms. The summed E-state index contributed by atoms with van der Waals surface area (Å²) in [5, 5.41) is 13.3. The summed E-state index contributed by atoms with van der Waals surface area (Å²) in [4.78, 5) is 1.93. The van der Waals surface area contributed by atoms with Crippen LogP contribution in [0.1, 0.15) is 11.3 Å². The molecule has 0 fully saturated rings. The molecule has 0 unspecified atom stereocenters. The second-order valence-corrected chi connectivity index (χ2v) is 6.58. The van der Waals surface area contributed by atoms with Gasteiger partial charge in [0.15, 0.2) is 5.11 Å². The van der Waals surface area contributed by atoms with Gasteiger partial charge in [-0.25, -0.2) is 0 Å². The Kier molecular flexibility index (Phi) is 5.35. The van der Waals surface area contributed by atoms with Gasteiger partial charge in [0, 0.05) is 31.5 Å². The lowest BCUT2D eigenvalue weighted by Crippen LogP contribution is -2.30. The molecule has 0 saturated heterocycles. The van der Waals surface area contributed by atoms with Crippen LogP contribution in [0.2, 0.25) is 5.02 Å². The van der Waals surface area contributed by atoms with Crippen LogP contribution in [0.3, 0.4) is 0 Å². The molecule has 2 heterocycles. The Balaban J connectivity index is 1.59. The Bertz CT molecular complexity index is 871. The summed E-state index contributed by atoms with van der Waals surface area (Å²) < 4.78 is 3.60. The average Bonchev–Trinajstić information content (AvgIpc) is 3.18. The molecule has 0 saturated carbocycles. The molecule has 3 aromatic rings. The van der Waals surface area contributed by atoms with E-state index in [1.54, 1.807) is 10.9 Å². The first-order chi connectivity index (χ1) is 12.0. The van der Waals surface area contributed by atoms with E-state index in [9.17, 15) is 0 Å². The number of hydrogen-bond donors (Lipinski definition) is 1. The van der Waals surface area contributed by atoms with Crippen molar-refractivity contribution in [2.45, 2.75) is 13.1 Å². The maximum atomic E-state index is 6.19. The number of hydrogen-bond acceptors (Lipinski definition) is 3. The Morgan fingerprint density at radius 1 is 1.32 bits per heavy atom. The number of rotatable bonds is 5. The molecule has 0 radical (unpaired) electrons. The fraction of sp³-hybridized carbons (Fsp3) is 0.235. The van der Waals surface area contributed by atoms with Crippen LogP contribution in [0, 0.1) is 0 Å². The summed E-state index contributed by atoms with van der Waals surface area (Å²) in [6.45, 7) is 1.25. The highest BCUT2D eigenvalue weighted by atomic mass is 35.5. The van der Waals surface area contributed by atoms with Crippen molar-refractivity contribution in [3.8, 4) is 0 Å². The summed E-state index contributed by atoms with van der Waals surface area (Å²) in [6.07, 6.45) is 5.57. The van der Waals surface area contributed by atoms with Crippen molar-refractivity contribution in [2.24, 2.45) is 7.05 Å². The van der Waals surface area contributed by atoms with E-state index < -0.39 is 0 Å². The van der Waals surface area contributed by atoms with Crippen LogP contribution >= 0.6 is 23.8 Å². The number of aromatic nitrogens is 4. The van der Waals surface area contributed by atoms with Gasteiger partial charge in [0.25, 0.3) is 0 Å². The fourth-order valence-corrected chi connectivity index (χ4v) is 2.77. The number of aryl methyl sites for hydroxylation is 1. The smallest absolute Gasteiger partial charge is 0.173 e. The van der Waals surface area contributed by atoms with Crippen molar-refractivity contribution in [3.05, 3.63) is 65.2 Å². The van der Waals surface area contributed by atoms with Gasteiger partial charge in [0.05, 0.1) is 30.7 Å². The van der Waals surface area contributed by atoms with Gasteiger partial charge in [-0.3, -0.25) is 9.36 Å². The monoisotopic (exact) mass is 374 g/mol. The highest BCUT2D eigenvalue weighted by Crippen LogP contribution is 2.17. The van der Waals surface area contributed by atoms with Crippen LogP contribution in [-0.4, -0.2) is 36.6 Å². The molecule has 3 rings (SSSR count). The average molecular weight is 375 g/mol. The summed E-state index contributed by atoms with van der Waals surface area (Å²) >= 11 is 11.6. The van der Waals surface area contributed by atoms with Gasteiger partial charge in [-0.2, -0.15) is 10.2 Å². The van der Waals surface area contributed by atoms with E-state index in [1.165, 1.54) is 0 Å². The van der Waals surface area contributed by atoms with E-state index in [4.69, 9.17) is 23.8 Å². The van der Waals surface area contributed by atoms with E-state index in [2.05, 4.69) is 15.5 Å². The summed E-state index contributed by atoms with van der Waals surface area (Å²) in [6, 6.07) is 9.72. The zero-order valence-electron chi connectivity index (χ0n) is 14.1. The molecule has 0 amide bonds. The molecule has 0 aliphatic heterocycles. The Labute approximate surface area is 157 Å². The second-order valence-electron chi connectivity index (χ2n) is 5.78. The van der Waals surface area contributed by atoms with E-state index in [0.717, 1.165) is 22.0 Å². The Morgan fingerprint density at radius 3 is 2.84 bits per heavy atom. The van der Waals surface area contributed by atoms with Crippen molar-refractivity contribution in [1.82, 2.24) is 24.5 Å². The SMILES string of the molecule is CN(Cc1ccn(C)n1)C(=S)Nc1cnn(Cc2ccccc2Cl)c1. The second kappa shape index (κ2) is 7.67. The first-order valence-electron chi connectivity index (χ1n) is 7.78. The molecular formula is C17H19ClN6S. The van der Waals surface area contributed by atoms with Gasteiger partial charge in [-0.1, -0.05) is 29.8 Å². The third-order valence-corrected chi connectivity index (χ3v) is 4.47. The third kappa shape index (κ3) is 4.58. The van der Waals surface area contributed by atoms with E-state index in [1.807, 2.05) is 66.4 Å². The molecule has 0 atom stereocenters. The lowest BCUT2D eigenvalue weighted by atomic mass is 10.2. The molecule has 2 aromatic heterocycles. The summed E-state index contributed by atoms with van der Waals surface area (Å²) in [7, 11) is 3.83. The number of anilines is 1. The molecule has 0 aliphatic rings. The van der Waals surface area contributed by atoms with Gasteiger partial charge in [0.2, 0.25) is 0 Å². The number of halogens is 1. The van der Waals surface area contributed by atoms with Gasteiger partial charge in [0.1, 0.15) is 0 Å². The van der Waals surface area contributed by atoms with E-state index in [0.29, 0.717) is 18.2 Å². The molecule has 1 aromatic carbocycles. The number of thiocarbonyl (C=S) groups is 1. The van der Waals surface area contributed by atoms with Crippen LogP contribution in [0.4, 0.5) is 5.69 Å². The van der Waals surface area contributed by atoms with Crippen molar-refractivity contribution >= 4 is 34.6 Å². The molecule has 0 aliphatic carbocycles. The minimum absolute atomic E-state index is 0.609. The number of benzene rings is 1. The van der Waals surface area contributed by atoms with Gasteiger partial charge >= 0.3 is 0 Å². The molecule has 130 valence electrons. The van der Waals surface area contributed by atoms with E-state index in [-0.39, 0.29) is 0 Å². The van der Waals surface area contributed by atoms with E-state index >= 15 is 0 Å². The van der Waals surface area contributed by atoms with Crippen molar-refractivity contribution < 1.29 is 0 Å². The highest BCUT2D eigenvalue weighted by molar-refractivity contribution is 7.80. The summed E-state index contributed by atoms with van der Waals surface area (Å²) in [5.74, 6) is 0. The van der Waals surface area contributed by atoms with Crippen LogP contribution < -0.4 is 5.32 Å². The standard InChI is InChI=1S/C17H19ClN6S/c1-22(11-14-7-8-23(2)21-14)17(25)20-15-9-19-24(12-15)10-13-5-3-4-6-16(13)18/h3-9,12H,10-11H2,1-2H3,(H,20,25). The first-order valence-corrected chi connectivity index (χ1v) is 8.56. The number of nitrogens with zero attached hydrogens (tertiary/aromatic N) is 5. The predicted molar refractivity (Wildman–Crippen MR) is 104 cm³/mol. The number of nitrogens with one attached hydrogen (secondary N) is 1. The predicted octanol–water partition coefficient (Wildman–Crippen LogP) is 3.15. The lowest BCUT2D eigenvalue weighted by molar-refractivity contribution is 0.495. The lowest BCUT2D eigenvalue weighted by Gasteiger charge is -2.19. The minimum Gasteiger partial charge on any atom is -0.346 e. The first kappa shape index (κ1) is 17.4. The highest BCUT2D eigenvalue weighted by Gasteiger charge is 2.09.